The van der Waals surface area contributed by atoms with Crippen LogP contribution < -0.4 is 10.6 Å². The van der Waals surface area contributed by atoms with E-state index >= 15 is 0 Å². The van der Waals surface area contributed by atoms with Crippen molar-refractivity contribution in [2.24, 2.45) is 5.92 Å². The van der Waals surface area contributed by atoms with Gasteiger partial charge in [-0.1, -0.05) is 30.3 Å². The summed E-state index contributed by atoms with van der Waals surface area (Å²) in [5.41, 5.74) is 0.387. The van der Waals surface area contributed by atoms with E-state index < -0.39 is 17.7 Å². The number of aryl methyl sites for hydroxylation is 1. The maximum atomic E-state index is 12.7. The molecule has 3 amide bonds. The molecule has 27 heavy (non-hydrogen) atoms. The molecule has 2 fully saturated rings. The van der Waals surface area contributed by atoms with Crippen molar-refractivity contribution < 1.29 is 19.8 Å². The predicted octanol–water partition coefficient (Wildman–Crippen LogP) is 0.653. The van der Waals surface area contributed by atoms with Gasteiger partial charge in [-0.2, -0.15) is 0 Å². The third-order valence-electron chi connectivity index (χ3n) is 5.81. The normalized spacial score (nSPS) is 25.3. The SMILES string of the molecule is O=C1NC(=O)C(CCCc2ccccc2)(C2CCN(CC(O)CO)CC2)N1. The Bertz CT molecular complexity index is 646. The highest BCUT2D eigenvalue weighted by molar-refractivity contribution is 6.07. The van der Waals surface area contributed by atoms with Gasteiger partial charge in [0.25, 0.3) is 5.91 Å². The molecular weight excluding hydrogens is 346 g/mol. The molecule has 0 bridgehead atoms. The van der Waals surface area contributed by atoms with Crippen LogP contribution in [0.4, 0.5) is 4.79 Å². The molecule has 2 heterocycles. The Kier molecular flexibility index (Phi) is 6.46. The van der Waals surface area contributed by atoms with Crippen molar-refractivity contribution in [2.75, 3.05) is 26.2 Å². The van der Waals surface area contributed by atoms with Crippen LogP contribution in [0.1, 0.15) is 31.2 Å². The third kappa shape index (κ3) is 4.66. The van der Waals surface area contributed by atoms with E-state index in [1.807, 2.05) is 18.2 Å². The fourth-order valence-electron chi connectivity index (χ4n) is 4.35. The first kappa shape index (κ1) is 19.8. The molecule has 0 aliphatic carbocycles. The summed E-state index contributed by atoms with van der Waals surface area (Å²) in [7, 11) is 0. The van der Waals surface area contributed by atoms with E-state index in [4.69, 9.17) is 5.11 Å². The van der Waals surface area contributed by atoms with Gasteiger partial charge in [0, 0.05) is 6.54 Å². The molecular formula is C20H29N3O4. The molecule has 0 radical (unpaired) electrons. The largest absolute Gasteiger partial charge is 0.394 e. The zero-order chi connectivity index (χ0) is 19.3. The second-order valence-corrected chi connectivity index (χ2v) is 7.63. The molecule has 1 aromatic carbocycles. The van der Waals surface area contributed by atoms with Gasteiger partial charge in [-0.05, 0) is 56.7 Å². The highest BCUT2D eigenvalue weighted by Crippen LogP contribution is 2.35. The quantitative estimate of drug-likeness (QED) is 0.500. The lowest BCUT2D eigenvalue weighted by Gasteiger charge is -2.41. The molecule has 0 aromatic heterocycles. The van der Waals surface area contributed by atoms with E-state index in [0.29, 0.717) is 13.0 Å². The Hall–Kier alpha value is -1.96. The zero-order valence-electron chi connectivity index (χ0n) is 15.6. The van der Waals surface area contributed by atoms with Crippen LogP contribution in [0.2, 0.25) is 0 Å². The number of imide groups is 1. The smallest absolute Gasteiger partial charge is 0.322 e. The summed E-state index contributed by atoms with van der Waals surface area (Å²) in [5.74, 6) is -0.142. The highest BCUT2D eigenvalue weighted by Gasteiger charge is 2.51. The van der Waals surface area contributed by atoms with Gasteiger partial charge >= 0.3 is 6.03 Å². The van der Waals surface area contributed by atoms with E-state index in [2.05, 4.69) is 27.7 Å². The molecule has 148 valence electrons. The average molecular weight is 375 g/mol. The molecule has 7 nitrogen and oxygen atoms in total. The van der Waals surface area contributed by atoms with Crippen molar-refractivity contribution in [3.05, 3.63) is 35.9 Å². The van der Waals surface area contributed by atoms with Gasteiger partial charge in [0.1, 0.15) is 5.54 Å². The average Bonchev–Trinajstić information content (AvgIpc) is 2.97. The molecule has 2 unspecified atom stereocenters. The Morgan fingerprint density at radius 2 is 1.89 bits per heavy atom. The van der Waals surface area contributed by atoms with E-state index in [1.54, 1.807) is 0 Å². The molecule has 2 aliphatic rings. The molecule has 7 heteroatoms. The second kappa shape index (κ2) is 8.82. The van der Waals surface area contributed by atoms with Crippen molar-refractivity contribution >= 4 is 11.9 Å². The molecule has 3 rings (SSSR count). The van der Waals surface area contributed by atoms with Crippen molar-refractivity contribution in [2.45, 2.75) is 43.7 Å². The Balaban J connectivity index is 1.62. The molecule has 1 aromatic rings. The minimum atomic E-state index is -0.840. The summed E-state index contributed by atoms with van der Waals surface area (Å²) >= 11 is 0. The van der Waals surface area contributed by atoms with Crippen LogP contribution in [0.3, 0.4) is 0 Å². The fourth-order valence-corrected chi connectivity index (χ4v) is 4.35. The number of aliphatic hydroxyl groups excluding tert-OH is 2. The second-order valence-electron chi connectivity index (χ2n) is 7.63. The maximum Gasteiger partial charge on any atom is 0.322 e. The van der Waals surface area contributed by atoms with Crippen LogP contribution in [0.25, 0.3) is 0 Å². The minimum Gasteiger partial charge on any atom is -0.394 e. The van der Waals surface area contributed by atoms with Crippen molar-refractivity contribution in [1.29, 1.82) is 0 Å². The standard InChI is InChI=1S/C20H29N3O4/c24-14-17(25)13-23-11-8-16(9-12-23)20(18(26)21-19(27)22-20)10-4-7-15-5-2-1-3-6-15/h1-3,5-6,16-17,24-25H,4,7-14H2,(H2,21,22,26,27). The van der Waals surface area contributed by atoms with E-state index in [0.717, 1.165) is 38.8 Å². The van der Waals surface area contributed by atoms with Gasteiger partial charge in [0.15, 0.2) is 0 Å². The van der Waals surface area contributed by atoms with Gasteiger partial charge in [-0.15, -0.1) is 0 Å². The first-order chi connectivity index (χ1) is 13.0. The molecule has 4 N–H and O–H groups in total. The van der Waals surface area contributed by atoms with Crippen LogP contribution in [0.15, 0.2) is 30.3 Å². The van der Waals surface area contributed by atoms with Crippen molar-refractivity contribution in [1.82, 2.24) is 15.5 Å². The van der Waals surface area contributed by atoms with E-state index in [9.17, 15) is 14.7 Å². The number of nitrogens with zero attached hydrogens (tertiary/aromatic N) is 1. The van der Waals surface area contributed by atoms with Gasteiger partial charge in [0.05, 0.1) is 12.7 Å². The minimum absolute atomic E-state index is 0.0715. The number of carbonyl (C=O) groups is 2. The summed E-state index contributed by atoms with van der Waals surface area (Å²) in [5, 5.41) is 24.0. The van der Waals surface area contributed by atoms with Crippen molar-refractivity contribution in [3.8, 4) is 0 Å². The summed E-state index contributed by atoms with van der Waals surface area (Å²) in [4.78, 5) is 26.7. The van der Waals surface area contributed by atoms with Gasteiger partial charge in [-0.3, -0.25) is 10.1 Å². The summed E-state index contributed by atoms with van der Waals surface area (Å²) in [6.07, 6.45) is 3.11. The number of amides is 3. The van der Waals surface area contributed by atoms with Crippen LogP contribution in [-0.4, -0.2) is 64.9 Å². The van der Waals surface area contributed by atoms with E-state index in [-0.39, 0.29) is 18.4 Å². The lowest BCUT2D eigenvalue weighted by atomic mass is 9.74. The van der Waals surface area contributed by atoms with Gasteiger partial charge in [-0.25, -0.2) is 4.79 Å². The maximum absolute atomic E-state index is 12.7. The molecule has 2 aliphatic heterocycles. The molecule has 0 spiro atoms. The van der Waals surface area contributed by atoms with Gasteiger partial charge in [0.2, 0.25) is 0 Å². The van der Waals surface area contributed by atoms with Gasteiger partial charge < -0.3 is 20.4 Å². The number of aliphatic hydroxyl groups is 2. The van der Waals surface area contributed by atoms with Crippen LogP contribution in [-0.2, 0) is 11.2 Å². The van der Waals surface area contributed by atoms with Crippen LogP contribution >= 0.6 is 0 Å². The lowest BCUT2D eigenvalue weighted by molar-refractivity contribution is -0.127. The number of likely N-dealkylation sites (tertiary alicyclic amines) is 1. The zero-order valence-corrected chi connectivity index (χ0v) is 15.6. The number of urea groups is 1. The summed E-state index contributed by atoms with van der Waals surface area (Å²) in [6.45, 7) is 1.67. The summed E-state index contributed by atoms with van der Waals surface area (Å²) in [6, 6.07) is 9.74. The monoisotopic (exact) mass is 375 g/mol. The number of carbonyl (C=O) groups excluding carboxylic acids is 2. The topological polar surface area (TPSA) is 102 Å². The first-order valence-electron chi connectivity index (χ1n) is 9.72. The number of hydrogen-bond donors (Lipinski definition) is 4. The number of β-amino-alcohol motifs (C(OH)–C–C–N with tert-alkyl or cyclic N) is 1. The number of piperidine rings is 1. The Morgan fingerprint density at radius 1 is 1.19 bits per heavy atom. The molecule has 0 saturated carbocycles. The summed E-state index contributed by atoms with van der Waals surface area (Å²) < 4.78 is 0. The molecule has 2 saturated heterocycles. The number of rotatable bonds is 8. The van der Waals surface area contributed by atoms with E-state index in [1.165, 1.54) is 5.56 Å². The first-order valence-corrected chi connectivity index (χ1v) is 9.72. The van der Waals surface area contributed by atoms with Crippen LogP contribution in [0.5, 0.6) is 0 Å². The number of nitrogens with one attached hydrogen (secondary N) is 2. The van der Waals surface area contributed by atoms with Crippen molar-refractivity contribution in [3.63, 3.8) is 0 Å². The Labute approximate surface area is 159 Å². The van der Waals surface area contributed by atoms with Crippen LogP contribution in [0, 0.1) is 5.92 Å². The predicted molar refractivity (Wildman–Crippen MR) is 101 cm³/mol. The fraction of sp³-hybridized carbons (Fsp3) is 0.600. The number of hydrogen-bond acceptors (Lipinski definition) is 5. The third-order valence-corrected chi connectivity index (χ3v) is 5.81. The molecule has 2 atom stereocenters. The lowest BCUT2D eigenvalue weighted by Crippen LogP contribution is -2.56. The Morgan fingerprint density at radius 3 is 2.48 bits per heavy atom. The number of benzene rings is 1. The highest BCUT2D eigenvalue weighted by atomic mass is 16.3.